The maximum atomic E-state index is 5.55. The van der Waals surface area contributed by atoms with E-state index in [0.717, 1.165) is 12.2 Å². The standard InChI is InChI=1S/C13H22N2S/c1-3-4-8-12(15-14)10-16-13-9-6-5-7-11(13)2/h5-7,9,12,15H,3-4,8,10,14H2,1-2H3. The molecule has 2 nitrogen and oxygen atoms in total. The number of hydrazine groups is 1. The van der Waals surface area contributed by atoms with Crippen LogP contribution in [-0.4, -0.2) is 11.8 Å². The first kappa shape index (κ1) is 13.6. The molecule has 0 radical (unpaired) electrons. The van der Waals surface area contributed by atoms with E-state index in [1.54, 1.807) is 0 Å². The average molecular weight is 238 g/mol. The smallest absolute Gasteiger partial charge is 0.0304 e. The van der Waals surface area contributed by atoms with Gasteiger partial charge in [0.1, 0.15) is 0 Å². The molecule has 1 atom stereocenters. The van der Waals surface area contributed by atoms with E-state index in [9.17, 15) is 0 Å². The monoisotopic (exact) mass is 238 g/mol. The number of aryl methyl sites for hydroxylation is 1. The fourth-order valence-corrected chi connectivity index (χ4v) is 2.69. The molecule has 0 fully saturated rings. The normalized spacial score (nSPS) is 12.7. The van der Waals surface area contributed by atoms with Crippen molar-refractivity contribution in [3.63, 3.8) is 0 Å². The summed E-state index contributed by atoms with van der Waals surface area (Å²) in [4.78, 5) is 1.36. The molecule has 3 heteroatoms. The van der Waals surface area contributed by atoms with Crippen LogP contribution < -0.4 is 11.3 Å². The predicted molar refractivity (Wildman–Crippen MR) is 72.5 cm³/mol. The highest BCUT2D eigenvalue weighted by Crippen LogP contribution is 2.23. The third-order valence-electron chi connectivity index (χ3n) is 2.68. The lowest BCUT2D eigenvalue weighted by atomic mass is 10.1. The maximum absolute atomic E-state index is 5.55. The second-order valence-corrected chi connectivity index (χ2v) is 5.14. The van der Waals surface area contributed by atoms with Gasteiger partial charge in [0, 0.05) is 16.7 Å². The fraction of sp³-hybridized carbons (Fsp3) is 0.538. The van der Waals surface area contributed by atoms with Crippen molar-refractivity contribution >= 4 is 11.8 Å². The number of nitrogens with one attached hydrogen (secondary N) is 1. The SMILES string of the molecule is CCCCC(CSc1ccccc1C)NN. The van der Waals surface area contributed by atoms with E-state index < -0.39 is 0 Å². The van der Waals surface area contributed by atoms with Crippen molar-refractivity contribution in [1.82, 2.24) is 5.43 Å². The van der Waals surface area contributed by atoms with Crippen molar-refractivity contribution in [2.75, 3.05) is 5.75 Å². The lowest BCUT2D eigenvalue weighted by Crippen LogP contribution is -2.36. The van der Waals surface area contributed by atoms with Crippen molar-refractivity contribution < 1.29 is 0 Å². The third-order valence-corrected chi connectivity index (χ3v) is 4.01. The molecule has 0 saturated heterocycles. The predicted octanol–water partition coefficient (Wildman–Crippen LogP) is 3.11. The molecule has 16 heavy (non-hydrogen) atoms. The second kappa shape index (κ2) is 7.71. The van der Waals surface area contributed by atoms with Crippen LogP contribution in [0.2, 0.25) is 0 Å². The Kier molecular flexibility index (Phi) is 6.53. The Hall–Kier alpha value is -0.510. The van der Waals surface area contributed by atoms with Crippen molar-refractivity contribution in [2.45, 2.75) is 44.0 Å². The zero-order chi connectivity index (χ0) is 11.8. The highest BCUT2D eigenvalue weighted by molar-refractivity contribution is 7.99. The molecule has 1 unspecified atom stereocenters. The average Bonchev–Trinajstić information content (AvgIpc) is 2.31. The summed E-state index contributed by atoms with van der Waals surface area (Å²) < 4.78 is 0. The summed E-state index contributed by atoms with van der Waals surface area (Å²) in [6.07, 6.45) is 3.63. The molecule has 1 aromatic carbocycles. The molecular formula is C13H22N2S. The molecule has 0 aromatic heterocycles. The molecule has 0 amide bonds. The van der Waals surface area contributed by atoms with Gasteiger partial charge in [-0.25, -0.2) is 0 Å². The van der Waals surface area contributed by atoms with Crippen LogP contribution in [0.25, 0.3) is 0 Å². The topological polar surface area (TPSA) is 38.0 Å². The molecule has 0 bridgehead atoms. The number of thioether (sulfide) groups is 1. The molecular weight excluding hydrogens is 216 g/mol. The van der Waals surface area contributed by atoms with Gasteiger partial charge in [-0.15, -0.1) is 11.8 Å². The molecule has 0 heterocycles. The fourth-order valence-electron chi connectivity index (χ4n) is 1.57. The number of hydrogen-bond donors (Lipinski definition) is 2. The van der Waals surface area contributed by atoms with Crippen molar-refractivity contribution in [2.24, 2.45) is 5.84 Å². The van der Waals surface area contributed by atoms with E-state index >= 15 is 0 Å². The molecule has 1 rings (SSSR count). The number of nitrogens with two attached hydrogens (primary N) is 1. The lowest BCUT2D eigenvalue weighted by molar-refractivity contribution is 0.516. The number of hydrogen-bond acceptors (Lipinski definition) is 3. The van der Waals surface area contributed by atoms with E-state index in [2.05, 4.69) is 43.5 Å². The first-order valence-electron chi connectivity index (χ1n) is 5.92. The molecule has 0 aliphatic rings. The van der Waals surface area contributed by atoms with Crippen LogP contribution in [0, 0.1) is 6.92 Å². The van der Waals surface area contributed by atoms with Crippen LogP contribution in [0.4, 0.5) is 0 Å². The molecule has 1 aromatic rings. The summed E-state index contributed by atoms with van der Waals surface area (Å²) in [5, 5.41) is 0. The Morgan fingerprint density at radius 1 is 1.38 bits per heavy atom. The van der Waals surface area contributed by atoms with E-state index in [-0.39, 0.29) is 0 Å². The Bertz CT molecular complexity index is 302. The van der Waals surface area contributed by atoms with Gasteiger partial charge in [0.05, 0.1) is 0 Å². The Labute approximate surface area is 103 Å². The Morgan fingerprint density at radius 3 is 2.75 bits per heavy atom. The van der Waals surface area contributed by atoms with Crippen molar-refractivity contribution in [3.05, 3.63) is 29.8 Å². The van der Waals surface area contributed by atoms with Gasteiger partial charge in [-0.1, -0.05) is 38.0 Å². The Morgan fingerprint density at radius 2 is 2.12 bits per heavy atom. The highest BCUT2D eigenvalue weighted by Gasteiger charge is 2.07. The van der Waals surface area contributed by atoms with E-state index in [0.29, 0.717) is 6.04 Å². The molecule has 3 N–H and O–H groups in total. The Balaban J connectivity index is 2.40. The molecule has 0 saturated carbocycles. The van der Waals surface area contributed by atoms with Crippen LogP contribution in [-0.2, 0) is 0 Å². The molecule has 90 valence electrons. The van der Waals surface area contributed by atoms with Gasteiger partial charge in [-0.05, 0) is 25.0 Å². The summed E-state index contributed by atoms with van der Waals surface area (Å²) in [7, 11) is 0. The number of rotatable bonds is 7. The van der Waals surface area contributed by atoms with Gasteiger partial charge < -0.3 is 0 Å². The summed E-state index contributed by atoms with van der Waals surface area (Å²) in [6, 6.07) is 8.91. The van der Waals surface area contributed by atoms with E-state index in [1.807, 2.05) is 11.8 Å². The van der Waals surface area contributed by atoms with Gasteiger partial charge in [0.15, 0.2) is 0 Å². The third kappa shape index (κ3) is 4.56. The number of benzene rings is 1. The quantitative estimate of drug-likeness (QED) is 0.435. The van der Waals surface area contributed by atoms with Crippen LogP contribution >= 0.6 is 11.8 Å². The van der Waals surface area contributed by atoms with Gasteiger partial charge in [0.2, 0.25) is 0 Å². The van der Waals surface area contributed by atoms with E-state index in [4.69, 9.17) is 5.84 Å². The van der Waals surface area contributed by atoms with Gasteiger partial charge in [-0.3, -0.25) is 11.3 Å². The molecule has 0 aliphatic carbocycles. The minimum atomic E-state index is 0.421. The van der Waals surface area contributed by atoms with Gasteiger partial charge in [0.25, 0.3) is 0 Å². The summed E-state index contributed by atoms with van der Waals surface area (Å²) in [5.41, 5.74) is 4.25. The minimum Gasteiger partial charge on any atom is -0.271 e. The zero-order valence-electron chi connectivity index (χ0n) is 10.2. The van der Waals surface area contributed by atoms with Crippen molar-refractivity contribution in [3.8, 4) is 0 Å². The van der Waals surface area contributed by atoms with Gasteiger partial charge >= 0.3 is 0 Å². The zero-order valence-corrected chi connectivity index (χ0v) is 11.0. The summed E-state index contributed by atoms with van der Waals surface area (Å²) in [6.45, 7) is 4.36. The largest absolute Gasteiger partial charge is 0.271 e. The maximum Gasteiger partial charge on any atom is 0.0304 e. The highest BCUT2D eigenvalue weighted by atomic mass is 32.2. The summed E-state index contributed by atoms with van der Waals surface area (Å²) in [5.74, 6) is 6.60. The molecule has 0 spiro atoms. The van der Waals surface area contributed by atoms with Crippen LogP contribution in [0.1, 0.15) is 31.7 Å². The van der Waals surface area contributed by atoms with Crippen LogP contribution in [0.15, 0.2) is 29.2 Å². The van der Waals surface area contributed by atoms with Crippen LogP contribution in [0.3, 0.4) is 0 Å². The first-order valence-corrected chi connectivity index (χ1v) is 6.91. The molecule has 0 aliphatic heterocycles. The first-order chi connectivity index (χ1) is 7.77. The minimum absolute atomic E-state index is 0.421. The summed E-state index contributed by atoms with van der Waals surface area (Å²) >= 11 is 1.89. The van der Waals surface area contributed by atoms with Gasteiger partial charge in [-0.2, -0.15) is 0 Å². The van der Waals surface area contributed by atoms with Crippen LogP contribution in [0.5, 0.6) is 0 Å². The number of unbranched alkanes of at least 4 members (excludes halogenated alkanes) is 1. The second-order valence-electron chi connectivity index (χ2n) is 4.08. The lowest BCUT2D eigenvalue weighted by Gasteiger charge is -2.15. The van der Waals surface area contributed by atoms with E-state index in [1.165, 1.54) is 23.3 Å². The van der Waals surface area contributed by atoms with Crippen molar-refractivity contribution in [1.29, 1.82) is 0 Å².